The third-order valence-corrected chi connectivity index (χ3v) is 9.27. The van der Waals surface area contributed by atoms with Gasteiger partial charge < -0.3 is 45.6 Å². The fourth-order valence-corrected chi connectivity index (χ4v) is 6.52. The Bertz CT molecular complexity index is 1880. The van der Waals surface area contributed by atoms with Crippen molar-refractivity contribution in [3.05, 3.63) is 108 Å². The number of rotatable bonds is 13. The predicted molar refractivity (Wildman–Crippen MR) is 201 cm³/mol. The van der Waals surface area contributed by atoms with Crippen molar-refractivity contribution in [2.45, 2.75) is 44.2 Å². The number of nitrogens with zero attached hydrogens (tertiary/aromatic N) is 1. The summed E-state index contributed by atoms with van der Waals surface area (Å²) in [5.41, 5.74) is 5.73. The van der Waals surface area contributed by atoms with Crippen LogP contribution in [0.25, 0.3) is 17.2 Å². The molecule has 2 heterocycles. The van der Waals surface area contributed by atoms with Crippen molar-refractivity contribution >= 4 is 35.1 Å². The number of phenols is 1. The zero-order valence-corrected chi connectivity index (χ0v) is 29.0. The first-order valence-electron chi connectivity index (χ1n) is 17.5. The first-order chi connectivity index (χ1) is 25.3. The number of ether oxygens (including phenoxy) is 2. The number of piperidine rings is 1. The molecule has 0 bridgehead atoms. The van der Waals surface area contributed by atoms with Crippen LogP contribution >= 0.6 is 0 Å². The highest BCUT2D eigenvalue weighted by Gasteiger charge is 2.24. The maximum atomic E-state index is 12.9. The van der Waals surface area contributed by atoms with E-state index in [1.807, 2.05) is 66.7 Å². The molecule has 272 valence electrons. The van der Waals surface area contributed by atoms with Gasteiger partial charge in [-0.2, -0.15) is 0 Å². The molecule has 2 aliphatic rings. The van der Waals surface area contributed by atoms with Gasteiger partial charge in [-0.3, -0.25) is 10.1 Å². The SMILES string of the molecule is COc1cc(CNC[C@H](O)c2ccc(O)c3c2C=C[C@@H](O)N3)ccc1NC(=O)CCN1CCC(OC(=O)Nc2ccccc2-c2ccccc2)CC1. The Morgan fingerprint density at radius 2 is 1.73 bits per heavy atom. The number of aromatic hydroxyl groups is 1. The number of phenolic OH excluding ortho intramolecular Hbond substituents is 1. The quantitative estimate of drug-likeness (QED) is 0.0859. The number of hydrogen-bond donors (Lipinski definition) is 7. The van der Waals surface area contributed by atoms with Gasteiger partial charge in [-0.1, -0.05) is 66.7 Å². The Hall–Kier alpha value is -5.40. The molecule has 12 heteroatoms. The number of benzene rings is 4. The lowest BCUT2D eigenvalue weighted by Gasteiger charge is -2.31. The Morgan fingerprint density at radius 3 is 2.52 bits per heavy atom. The van der Waals surface area contributed by atoms with E-state index in [2.05, 4.69) is 26.2 Å². The van der Waals surface area contributed by atoms with Gasteiger partial charge in [-0.15, -0.1) is 0 Å². The number of likely N-dealkylation sites (tertiary alicyclic amines) is 1. The minimum absolute atomic E-state index is 0.00279. The number of anilines is 3. The average molecular weight is 708 g/mol. The van der Waals surface area contributed by atoms with Gasteiger partial charge in [0.15, 0.2) is 0 Å². The monoisotopic (exact) mass is 707 g/mol. The van der Waals surface area contributed by atoms with Crippen molar-refractivity contribution in [1.82, 2.24) is 10.2 Å². The minimum atomic E-state index is -0.909. The molecule has 2 amide bonds. The number of nitrogens with one attached hydrogen (secondary N) is 4. The second kappa shape index (κ2) is 17.2. The summed E-state index contributed by atoms with van der Waals surface area (Å²) in [6.07, 6.45) is 2.47. The van der Waals surface area contributed by atoms with Crippen LogP contribution in [0.4, 0.5) is 21.9 Å². The number of aliphatic hydroxyl groups is 2. The van der Waals surface area contributed by atoms with E-state index < -0.39 is 18.4 Å². The number of amides is 2. The lowest BCUT2D eigenvalue weighted by atomic mass is 9.97. The molecular weight excluding hydrogens is 662 g/mol. The molecule has 0 spiro atoms. The van der Waals surface area contributed by atoms with Crippen LogP contribution in [0.15, 0.2) is 91.0 Å². The van der Waals surface area contributed by atoms with E-state index in [9.17, 15) is 24.9 Å². The van der Waals surface area contributed by atoms with E-state index in [0.29, 0.717) is 66.3 Å². The van der Waals surface area contributed by atoms with E-state index in [1.165, 1.54) is 6.07 Å². The number of methoxy groups -OCH3 is 1. The van der Waals surface area contributed by atoms with Crippen molar-refractivity contribution < 1.29 is 34.4 Å². The normalized spacial score (nSPS) is 16.3. The lowest BCUT2D eigenvalue weighted by Crippen LogP contribution is -2.39. The van der Waals surface area contributed by atoms with Crippen molar-refractivity contribution in [1.29, 1.82) is 0 Å². The molecular formula is C40H45N5O7. The van der Waals surface area contributed by atoms with E-state index >= 15 is 0 Å². The number of carbonyl (C=O) groups is 2. The summed E-state index contributed by atoms with van der Waals surface area (Å²) < 4.78 is 11.3. The van der Waals surface area contributed by atoms with Crippen LogP contribution in [0.2, 0.25) is 0 Å². The van der Waals surface area contributed by atoms with Gasteiger partial charge in [0.25, 0.3) is 0 Å². The molecule has 4 aromatic carbocycles. The number of para-hydroxylation sites is 1. The molecule has 52 heavy (non-hydrogen) atoms. The second-order valence-corrected chi connectivity index (χ2v) is 12.9. The molecule has 7 N–H and O–H groups in total. The minimum Gasteiger partial charge on any atom is -0.506 e. The fraction of sp³-hybridized carbons (Fsp3) is 0.300. The van der Waals surface area contributed by atoms with Crippen LogP contribution in [-0.2, 0) is 16.1 Å². The van der Waals surface area contributed by atoms with Gasteiger partial charge in [0.05, 0.1) is 30.3 Å². The number of hydrogen-bond acceptors (Lipinski definition) is 10. The molecule has 0 aromatic heterocycles. The standard InChI is InChI=1S/C40H45N5O7/c1-51-36-23-26(24-41-25-35(47)30-12-15-34(46)39-31(30)13-16-37(48)44-39)11-14-33(36)42-38(49)19-22-45-20-17-28(18-21-45)52-40(50)43-32-10-6-5-9-29(32)27-7-3-2-4-8-27/h2-16,23,28,35,37,41,44,46-48H,17-22,24-25H2,1H3,(H,42,49)(H,43,50)/t35-,37+/m0/s1. The largest absolute Gasteiger partial charge is 0.506 e. The first-order valence-corrected chi connectivity index (χ1v) is 17.5. The van der Waals surface area contributed by atoms with Crippen molar-refractivity contribution in [2.75, 3.05) is 49.2 Å². The first kappa shape index (κ1) is 36.4. The highest BCUT2D eigenvalue weighted by atomic mass is 16.6. The average Bonchev–Trinajstić information content (AvgIpc) is 3.16. The number of fused-ring (bicyclic) bond motifs is 1. The van der Waals surface area contributed by atoms with Gasteiger partial charge in [0.2, 0.25) is 5.91 Å². The van der Waals surface area contributed by atoms with Crippen molar-refractivity contribution in [2.24, 2.45) is 0 Å². The maximum absolute atomic E-state index is 12.9. The Kier molecular flexibility index (Phi) is 12.0. The van der Waals surface area contributed by atoms with Gasteiger partial charge in [0.1, 0.15) is 23.8 Å². The van der Waals surface area contributed by atoms with Gasteiger partial charge in [0, 0.05) is 50.3 Å². The Balaban J connectivity index is 0.917. The van der Waals surface area contributed by atoms with Crippen LogP contribution in [0.1, 0.15) is 42.1 Å². The molecule has 0 aliphatic carbocycles. The number of carbonyl (C=O) groups excluding carboxylic acids is 2. The van der Waals surface area contributed by atoms with Crippen LogP contribution < -0.4 is 26.0 Å². The molecule has 2 aliphatic heterocycles. The van der Waals surface area contributed by atoms with Crippen molar-refractivity contribution in [3.8, 4) is 22.6 Å². The van der Waals surface area contributed by atoms with Gasteiger partial charge >= 0.3 is 6.09 Å². The second-order valence-electron chi connectivity index (χ2n) is 12.9. The van der Waals surface area contributed by atoms with Crippen LogP contribution in [-0.4, -0.2) is 77.8 Å². The fourth-order valence-electron chi connectivity index (χ4n) is 6.52. The van der Waals surface area contributed by atoms with Crippen LogP contribution in [0.3, 0.4) is 0 Å². The summed E-state index contributed by atoms with van der Waals surface area (Å²) in [6.45, 7) is 2.71. The Labute approximate surface area is 303 Å². The molecule has 1 saturated heterocycles. The van der Waals surface area contributed by atoms with Gasteiger partial charge in [-0.05, 0) is 59.9 Å². The highest BCUT2D eigenvalue weighted by molar-refractivity contribution is 5.93. The zero-order valence-electron chi connectivity index (χ0n) is 29.0. The molecule has 0 unspecified atom stereocenters. The van der Waals surface area contributed by atoms with E-state index in [1.54, 1.807) is 31.4 Å². The zero-order chi connectivity index (χ0) is 36.5. The molecule has 12 nitrogen and oxygen atoms in total. The van der Waals surface area contributed by atoms with Crippen molar-refractivity contribution in [3.63, 3.8) is 0 Å². The molecule has 0 radical (unpaired) electrons. The topological polar surface area (TPSA) is 165 Å². The molecule has 6 rings (SSSR count). The Morgan fingerprint density at radius 1 is 0.962 bits per heavy atom. The molecule has 1 fully saturated rings. The number of aliphatic hydroxyl groups excluding tert-OH is 2. The van der Waals surface area contributed by atoms with Gasteiger partial charge in [-0.25, -0.2) is 4.79 Å². The summed E-state index contributed by atoms with van der Waals surface area (Å²) in [5, 5.41) is 42.8. The highest BCUT2D eigenvalue weighted by Crippen LogP contribution is 2.37. The third kappa shape index (κ3) is 9.28. The molecule has 2 atom stereocenters. The predicted octanol–water partition coefficient (Wildman–Crippen LogP) is 5.69. The van der Waals surface area contributed by atoms with Crippen LogP contribution in [0, 0.1) is 0 Å². The van der Waals surface area contributed by atoms with E-state index in [4.69, 9.17) is 9.47 Å². The third-order valence-electron chi connectivity index (χ3n) is 9.27. The van der Waals surface area contributed by atoms with Crippen LogP contribution in [0.5, 0.6) is 11.5 Å². The smallest absolute Gasteiger partial charge is 0.411 e. The summed E-state index contributed by atoms with van der Waals surface area (Å²) in [4.78, 5) is 27.9. The molecule has 0 saturated carbocycles. The lowest BCUT2D eigenvalue weighted by molar-refractivity contribution is -0.116. The summed E-state index contributed by atoms with van der Waals surface area (Å²) in [6, 6.07) is 26.2. The summed E-state index contributed by atoms with van der Waals surface area (Å²) in [7, 11) is 1.55. The summed E-state index contributed by atoms with van der Waals surface area (Å²) >= 11 is 0. The molecule has 4 aromatic rings. The maximum Gasteiger partial charge on any atom is 0.411 e. The van der Waals surface area contributed by atoms with E-state index in [-0.39, 0.29) is 24.3 Å². The summed E-state index contributed by atoms with van der Waals surface area (Å²) in [5.74, 6) is 0.394. The van der Waals surface area contributed by atoms with E-state index in [0.717, 1.165) is 29.8 Å².